The molecule has 1 aliphatic rings. The van der Waals surface area contributed by atoms with E-state index in [9.17, 15) is 14.4 Å². The normalized spacial score (nSPS) is 14.2. The molecule has 1 atom stereocenters. The van der Waals surface area contributed by atoms with E-state index in [2.05, 4.69) is 6.07 Å². The highest BCUT2D eigenvalue weighted by molar-refractivity contribution is 5.84. The average molecular weight is 434 g/mol. The molecule has 0 radical (unpaired) electrons. The van der Waals surface area contributed by atoms with Crippen molar-refractivity contribution in [1.82, 2.24) is 4.90 Å². The zero-order valence-corrected chi connectivity index (χ0v) is 18.6. The molecule has 1 aliphatic heterocycles. The molecular weight excluding hydrogens is 406 g/mol. The van der Waals surface area contributed by atoms with E-state index < -0.39 is 17.7 Å². The van der Waals surface area contributed by atoms with Crippen LogP contribution >= 0.6 is 0 Å². The molecule has 1 aromatic heterocycles. The van der Waals surface area contributed by atoms with Crippen LogP contribution in [0.15, 0.2) is 51.7 Å². The van der Waals surface area contributed by atoms with E-state index in [4.69, 9.17) is 9.15 Å². The Morgan fingerprint density at radius 2 is 1.88 bits per heavy atom. The Hall–Kier alpha value is -3.41. The number of amides is 1. The van der Waals surface area contributed by atoms with Crippen LogP contribution in [0.25, 0.3) is 11.0 Å². The number of benzene rings is 2. The lowest BCUT2D eigenvalue weighted by atomic mass is 9.99. The second kappa shape index (κ2) is 8.99. The number of hydrogen-bond donors (Lipinski definition) is 0. The molecule has 166 valence electrons. The van der Waals surface area contributed by atoms with E-state index in [0.29, 0.717) is 24.2 Å². The first kappa shape index (κ1) is 21.8. The van der Waals surface area contributed by atoms with Gasteiger partial charge in [0.1, 0.15) is 5.58 Å². The number of hydrogen-bond acceptors (Lipinski definition) is 5. The SMILES string of the molecule is Cc1ccc2c(C)c(CCC(=O)O[C@@H](C)C(=O)N3CCc4ccccc4C3)c(=O)oc2c1. The van der Waals surface area contributed by atoms with Crippen LogP contribution in [-0.4, -0.2) is 29.4 Å². The molecule has 6 nitrogen and oxygen atoms in total. The highest BCUT2D eigenvalue weighted by atomic mass is 16.5. The largest absolute Gasteiger partial charge is 0.453 e. The van der Waals surface area contributed by atoms with Crippen molar-refractivity contribution < 1.29 is 18.7 Å². The van der Waals surface area contributed by atoms with Crippen LogP contribution in [0.5, 0.6) is 0 Å². The van der Waals surface area contributed by atoms with Crippen molar-refractivity contribution in [3.63, 3.8) is 0 Å². The molecule has 0 aliphatic carbocycles. The lowest BCUT2D eigenvalue weighted by molar-refractivity contribution is -0.159. The fourth-order valence-electron chi connectivity index (χ4n) is 4.26. The van der Waals surface area contributed by atoms with Gasteiger partial charge in [-0.3, -0.25) is 9.59 Å². The maximum absolute atomic E-state index is 12.8. The fraction of sp³-hybridized carbons (Fsp3) is 0.346. The number of nitrogens with zero attached hydrogens (tertiary/aromatic N) is 1. The Morgan fingerprint density at radius 1 is 1.12 bits per heavy atom. The third kappa shape index (κ3) is 4.44. The molecule has 32 heavy (non-hydrogen) atoms. The Kier molecular flexibility index (Phi) is 6.12. The van der Waals surface area contributed by atoms with E-state index in [-0.39, 0.29) is 18.7 Å². The lowest BCUT2D eigenvalue weighted by Crippen LogP contribution is -2.42. The predicted molar refractivity (Wildman–Crippen MR) is 121 cm³/mol. The molecule has 2 aromatic carbocycles. The summed E-state index contributed by atoms with van der Waals surface area (Å²) in [6.07, 6.45) is 0.127. The van der Waals surface area contributed by atoms with Gasteiger partial charge in [-0.15, -0.1) is 0 Å². The second-order valence-corrected chi connectivity index (χ2v) is 8.40. The molecule has 0 bridgehead atoms. The Bertz CT molecular complexity index is 1240. The number of aryl methyl sites for hydroxylation is 2. The van der Waals surface area contributed by atoms with Crippen LogP contribution in [0.3, 0.4) is 0 Å². The number of ether oxygens (including phenoxy) is 1. The van der Waals surface area contributed by atoms with Gasteiger partial charge in [-0.1, -0.05) is 36.4 Å². The van der Waals surface area contributed by atoms with Crippen molar-refractivity contribution in [3.05, 3.63) is 80.7 Å². The molecule has 0 saturated heterocycles. The quantitative estimate of drug-likeness (QED) is 0.451. The van der Waals surface area contributed by atoms with Gasteiger partial charge in [0.2, 0.25) is 0 Å². The zero-order chi connectivity index (χ0) is 22.8. The fourth-order valence-corrected chi connectivity index (χ4v) is 4.26. The minimum atomic E-state index is -0.871. The second-order valence-electron chi connectivity index (χ2n) is 8.40. The summed E-state index contributed by atoms with van der Waals surface area (Å²) in [5.41, 5.74) is 4.75. The summed E-state index contributed by atoms with van der Waals surface area (Å²) in [4.78, 5) is 39.4. The van der Waals surface area contributed by atoms with Gasteiger partial charge in [-0.2, -0.15) is 0 Å². The molecule has 4 rings (SSSR count). The zero-order valence-electron chi connectivity index (χ0n) is 18.6. The third-order valence-corrected chi connectivity index (χ3v) is 6.12. The lowest BCUT2D eigenvalue weighted by Gasteiger charge is -2.30. The highest BCUT2D eigenvalue weighted by Crippen LogP contribution is 2.22. The Balaban J connectivity index is 1.37. The first-order valence-corrected chi connectivity index (χ1v) is 10.9. The first-order chi connectivity index (χ1) is 15.3. The number of esters is 1. The summed E-state index contributed by atoms with van der Waals surface area (Å²) in [5.74, 6) is -0.712. The van der Waals surface area contributed by atoms with Gasteiger partial charge in [0.05, 0.1) is 0 Å². The van der Waals surface area contributed by atoms with Gasteiger partial charge < -0.3 is 14.1 Å². The Morgan fingerprint density at radius 3 is 2.66 bits per heavy atom. The molecule has 0 saturated carbocycles. The summed E-state index contributed by atoms with van der Waals surface area (Å²) in [6.45, 7) is 6.51. The minimum Gasteiger partial charge on any atom is -0.453 e. The third-order valence-electron chi connectivity index (χ3n) is 6.12. The van der Waals surface area contributed by atoms with Gasteiger partial charge in [-0.05, 0) is 61.9 Å². The van der Waals surface area contributed by atoms with Crippen molar-refractivity contribution in [2.75, 3.05) is 6.54 Å². The molecule has 1 amide bonds. The van der Waals surface area contributed by atoms with Crippen molar-refractivity contribution in [3.8, 4) is 0 Å². The monoisotopic (exact) mass is 433 g/mol. The number of fused-ring (bicyclic) bond motifs is 2. The number of carbonyl (C=O) groups excluding carboxylic acids is 2. The summed E-state index contributed by atoms with van der Waals surface area (Å²) in [5, 5.41) is 0.854. The standard InChI is InChI=1S/C26H27NO5/c1-16-8-9-21-17(2)22(26(30)32-23(21)14-16)10-11-24(28)31-18(3)25(29)27-13-12-19-6-4-5-7-20(19)15-27/h4-9,14,18H,10-13,15H2,1-3H3/t18-/m0/s1. The van der Waals surface area contributed by atoms with E-state index in [1.807, 2.05) is 50.2 Å². The van der Waals surface area contributed by atoms with E-state index in [1.165, 1.54) is 5.56 Å². The highest BCUT2D eigenvalue weighted by Gasteiger charge is 2.27. The minimum absolute atomic E-state index is 0.00339. The van der Waals surface area contributed by atoms with Gasteiger partial charge >= 0.3 is 11.6 Å². The van der Waals surface area contributed by atoms with E-state index >= 15 is 0 Å². The van der Waals surface area contributed by atoms with Crippen LogP contribution < -0.4 is 5.63 Å². The molecule has 0 unspecified atom stereocenters. The van der Waals surface area contributed by atoms with Crippen LogP contribution in [0, 0.1) is 13.8 Å². The van der Waals surface area contributed by atoms with Crippen molar-refractivity contribution in [1.29, 1.82) is 0 Å². The van der Waals surface area contributed by atoms with E-state index in [1.54, 1.807) is 11.8 Å². The van der Waals surface area contributed by atoms with Crippen molar-refractivity contribution in [2.24, 2.45) is 0 Å². The van der Waals surface area contributed by atoms with E-state index in [0.717, 1.165) is 28.5 Å². The van der Waals surface area contributed by atoms with Gasteiger partial charge in [0, 0.05) is 30.5 Å². The maximum atomic E-state index is 12.8. The van der Waals surface area contributed by atoms with Crippen molar-refractivity contribution >= 4 is 22.8 Å². The first-order valence-electron chi connectivity index (χ1n) is 10.9. The molecule has 2 heterocycles. The van der Waals surface area contributed by atoms with Gasteiger partial charge in [0.25, 0.3) is 5.91 Å². The summed E-state index contributed by atoms with van der Waals surface area (Å²) < 4.78 is 10.8. The van der Waals surface area contributed by atoms with Gasteiger partial charge in [-0.25, -0.2) is 4.79 Å². The average Bonchev–Trinajstić information content (AvgIpc) is 2.77. The molecule has 6 heteroatoms. The van der Waals surface area contributed by atoms with Crippen LogP contribution in [0.2, 0.25) is 0 Å². The van der Waals surface area contributed by atoms with Crippen LogP contribution in [-0.2, 0) is 33.7 Å². The Labute approximate surface area is 186 Å². The number of rotatable bonds is 5. The molecule has 0 fully saturated rings. The molecule has 0 spiro atoms. The maximum Gasteiger partial charge on any atom is 0.339 e. The topological polar surface area (TPSA) is 76.8 Å². The number of carbonyl (C=O) groups is 2. The predicted octanol–water partition coefficient (Wildman–Crippen LogP) is 3.86. The summed E-state index contributed by atoms with van der Waals surface area (Å²) in [6, 6.07) is 13.8. The smallest absolute Gasteiger partial charge is 0.339 e. The van der Waals surface area contributed by atoms with Gasteiger partial charge in [0.15, 0.2) is 6.10 Å². The summed E-state index contributed by atoms with van der Waals surface area (Å²) >= 11 is 0. The van der Waals surface area contributed by atoms with Crippen LogP contribution in [0.1, 0.15) is 41.2 Å². The van der Waals surface area contributed by atoms with Crippen molar-refractivity contribution in [2.45, 2.75) is 52.7 Å². The molecular formula is C26H27NO5. The molecule has 3 aromatic rings. The van der Waals surface area contributed by atoms with Crippen LogP contribution in [0.4, 0.5) is 0 Å². The molecule has 0 N–H and O–H groups in total. The summed E-state index contributed by atoms with van der Waals surface area (Å²) in [7, 11) is 0.